The molecule has 0 aliphatic heterocycles. The van der Waals surface area contributed by atoms with Crippen LogP contribution in [-0.4, -0.2) is 24.1 Å². The number of allylic oxidation sites excluding steroid dienone is 4. The molecule has 1 N–H and O–H groups in total. The highest BCUT2D eigenvalue weighted by Gasteiger charge is 2.11. The molecule has 21 heavy (non-hydrogen) atoms. The van der Waals surface area contributed by atoms with Crippen LogP contribution < -0.4 is 5.32 Å². The Morgan fingerprint density at radius 2 is 2.33 bits per heavy atom. The summed E-state index contributed by atoms with van der Waals surface area (Å²) in [7, 11) is 0. The highest BCUT2D eigenvalue weighted by molar-refractivity contribution is 5.95. The van der Waals surface area contributed by atoms with E-state index in [4.69, 9.17) is 4.74 Å². The quantitative estimate of drug-likeness (QED) is 0.613. The van der Waals surface area contributed by atoms with Crippen LogP contribution >= 0.6 is 0 Å². The lowest BCUT2D eigenvalue weighted by molar-refractivity contribution is 0.0527. The SMILES string of the molecule is CCOC(=O)c1ccncc1NCCCC1=CCCC=C1. The molecule has 1 aliphatic rings. The normalized spacial score (nSPS) is 13.7. The first-order chi connectivity index (χ1) is 10.3. The molecule has 0 fully saturated rings. The fraction of sp³-hybridized carbons (Fsp3) is 0.412. The van der Waals surface area contributed by atoms with Crippen LogP contribution in [0.2, 0.25) is 0 Å². The standard InChI is InChI=1S/C17H22N2O2/c1-2-21-17(20)15-10-12-18-13-16(15)19-11-6-9-14-7-4-3-5-8-14/h4,7-8,10,12-13,19H,2-3,5-6,9,11H2,1H3. The molecule has 4 heteroatoms. The van der Waals surface area contributed by atoms with E-state index >= 15 is 0 Å². The van der Waals surface area contributed by atoms with Gasteiger partial charge in [0.1, 0.15) is 0 Å². The van der Waals surface area contributed by atoms with Gasteiger partial charge in [0.25, 0.3) is 0 Å². The second kappa shape index (κ2) is 8.25. The first-order valence-electron chi connectivity index (χ1n) is 7.52. The second-order valence-electron chi connectivity index (χ2n) is 4.93. The lowest BCUT2D eigenvalue weighted by atomic mass is 10.0. The summed E-state index contributed by atoms with van der Waals surface area (Å²) in [4.78, 5) is 15.9. The summed E-state index contributed by atoms with van der Waals surface area (Å²) < 4.78 is 5.05. The number of ether oxygens (including phenoxy) is 1. The molecule has 1 aromatic rings. The molecule has 0 amide bonds. The molecule has 1 aromatic heterocycles. The average molecular weight is 286 g/mol. The highest BCUT2D eigenvalue weighted by atomic mass is 16.5. The van der Waals surface area contributed by atoms with Gasteiger partial charge in [0, 0.05) is 12.7 Å². The second-order valence-corrected chi connectivity index (χ2v) is 4.93. The maximum Gasteiger partial charge on any atom is 0.340 e. The van der Waals surface area contributed by atoms with Crippen LogP contribution in [0.5, 0.6) is 0 Å². The van der Waals surface area contributed by atoms with Crippen molar-refractivity contribution in [3.8, 4) is 0 Å². The Kier molecular flexibility index (Phi) is 6.00. The molecule has 0 saturated heterocycles. The van der Waals surface area contributed by atoms with Crippen LogP contribution in [0.1, 0.15) is 43.0 Å². The number of hydrogen-bond donors (Lipinski definition) is 1. The van der Waals surface area contributed by atoms with Crippen LogP contribution in [0, 0.1) is 0 Å². The van der Waals surface area contributed by atoms with Crippen LogP contribution in [0.25, 0.3) is 0 Å². The number of nitrogens with zero attached hydrogens (tertiary/aromatic N) is 1. The Bertz CT molecular complexity index is 535. The fourth-order valence-electron chi connectivity index (χ4n) is 2.29. The van der Waals surface area contributed by atoms with Crippen molar-refractivity contribution in [2.24, 2.45) is 0 Å². The summed E-state index contributed by atoms with van der Waals surface area (Å²) in [5.41, 5.74) is 2.69. The van der Waals surface area contributed by atoms with Crippen molar-refractivity contribution >= 4 is 11.7 Å². The van der Waals surface area contributed by atoms with Gasteiger partial charge in [-0.05, 0) is 38.7 Å². The van der Waals surface area contributed by atoms with Crippen molar-refractivity contribution in [1.29, 1.82) is 0 Å². The van der Waals surface area contributed by atoms with Crippen LogP contribution in [0.3, 0.4) is 0 Å². The van der Waals surface area contributed by atoms with Crippen LogP contribution in [0.15, 0.2) is 42.3 Å². The van der Waals surface area contributed by atoms with Gasteiger partial charge < -0.3 is 10.1 Å². The van der Waals surface area contributed by atoms with Gasteiger partial charge in [0.2, 0.25) is 0 Å². The molecule has 0 bridgehead atoms. The lowest BCUT2D eigenvalue weighted by Gasteiger charge is -2.11. The third-order valence-corrected chi connectivity index (χ3v) is 3.35. The molecule has 1 heterocycles. The molecular weight excluding hydrogens is 264 g/mol. The van der Waals surface area contributed by atoms with E-state index in [0.29, 0.717) is 12.2 Å². The van der Waals surface area contributed by atoms with Crippen molar-refractivity contribution in [3.05, 3.63) is 47.8 Å². The molecule has 1 aliphatic carbocycles. The lowest BCUT2D eigenvalue weighted by Crippen LogP contribution is -2.11. The number of rotatable bonds is 7. The Morgan fingerprint density at radius 3 is 3.10 bits per heavy atom. The minimum Gasteiger partial charge on any atom is -0.462 e. The van der Waals surface area contributed by atoms with Gasteiger partial charge in [-0.2, -0.15) is 0 Å². The van der Waals surface area contributed by atoms with Crippen molar-refractivity contribution in [2.45, 2.75) is 32.6 Å². The Balaban J connectivity index is 1.84. The predicted molar refractivity (Wildman–Crippen MR) is 84.4 cm³/mol. The molecular formula is C17H22N2O2. The zero-order valence-corrected chi connectivity index (χ0v) is 12.5. The summed E-state index contributed by atoms with van der Waals surface area (Å²) in [6.07, 6.45) is 14.4. The van der Waals surface area contributed by atoms with Crippen LogP contribution in [0.4, 0.5) is 5.69 Å². The van der Waals surface area contributed by atoms with Crippen molar-refractivity contribution in [1.82, 2.24) is 4.98 Å². The van der Waals surface area contributed by atoms with E-state index in [-0.39, 0.29) is 5.97 Å². The van der Waals surface area contributed by atoms with Crippen molar-refractivity contribution in [3.63, 3.8) is 0 Å². The number of carbonyl (C=O) groups is 1. The first-order valence-corrected chi connectivity index (χ1v) is 7.52. The van der Waals surface area contributed by atoms with Gasteiger partial charge >= 0.3 is 5.97 Å². The number of pyridine rings is 1. The maximum atomic E-state index is 11.8. The topological polar surface area (TPSA) is 51.2 Å². The van der Waals surface area contributed by atoms with Gasteiger partial charge in [-0.3, -0.25) is 4.98 Å². The van der Waals surface area contributed by atoms with Gasteiger partial charge in [0.05, 0.1) is 24.1 Å². The van der Waals surface area contributed by atoms with E-state index < -0.39 is 0 Å². The predicted octanol–water partition coefficient (Wildman–Crippen LogP) is 3.73. The number of carbonyl (C=O) groups excluding carboxylic acids is 1. The molecule has 0 aromatic carbocycles. The monoisotopic (exact) mass is 286 g/mol. The Labute approximate surface area is 125 Å². The first kappa shape index (κ1) is 15.3. The van der Waals surface area contributed by atoms with E-state index in [2.05, 4.69) is 28.5 Å². The van der Waals surface area contributed by atoms with E-state index in [1.54, 1.807) is 25.4 Å². The van der Waals surface area contributed by atoms with Gasteiger partial charge in [-0.25, -0.2) is 4.79 Å². The van der Waals surface area contributed by atoms with Gasteiger partial charge in [0.15, 0.2) is 0 Å². The molecule has 0 atom stereocenters. The molecule has 0 spiro atoms. The average Bonchev–Trinajstić information content (AvgIpc) is 2.53. The molecule has 0 unspecified atom stereocenters. The molecule has 0 radical (unpaired) electrons. The number of hydrogen-bond acceptors (Lipinski definition) is 4. The van der Waals surface area contributed by atoms with Gasteiger partial charge in [-0.15, -0.1) is 0 Å². The van der Waals surface area contributed by atoms with Gasteiger partial charge in [-0.1, -0.05) is 23.8 Å². The van der Waals surface area contributed by atoms with E-state index in [1.807, 2.05) is 0 Å². The fourth-order valence-corrected chi connectivity index (χ4v) is 2.29. The smallest absolute Gasteiger partial charge is 0.340 e. The van der Waals surface area contributed by atoms with E-state index in [0.717, 1.165) is 37.9 Å². The zero-order chi connectivity index (χ0) is 14.9. The summed E-state index contributed by atoms with van der Waals surface area (Å²) in [6.45, 7) is 2.99. The molecule has 2 rings (SSSR count). The highest BCUT2D eigenvalue weighted by Crippen LogP contribution is 2.17. The summed E-state index contributed by atoms with van der Waals surface area (Å²) in [5, 5.41) is 3.28. The Hall–Kier alpha value is -2.10. The minimum atomic E-state index is -0.305. The number of aromatic nitrogens is 1. The zero-order valence-electron chi connectivity index (χ0n) is 12.5. The summed E-state index contributed by atoms with van der Waals surface area (Å²) in [5.74, 6) is -0.305. The van der Waals surface area contributed by atoms with Crippen LogP contribution in [-0.2, 0) is 4.74 Å². The minimum absolute atomic E-state index is 0.305. The molecule has 112 valence electrons. The van der Waals surface area contributed by atoms with Crippen molar-refractivity contribution < 1.29 is 9.53 Å². The maximum absolute atomic E-state index is 11.8. The largest absolute Gasteiger partial charge is 0.462 e. The number of nitrogens with one attached hydrogen (secondary N) is 1. The number of esters is 1. The Morgan fingerprint density at radius 1 is 1.43 bits per heavy atom. The third kappa shape index (κ3) is 4.74. The number of anilines is 1. The third-order valence-electron chi connectivity index (χ3n) is 3.35. The summed E-state index contributed by atoms with van der Waals surface area (Å²) in [6, 6.07) is 1.69. The summed E-state index contributed by atoms with van der Waals surface area (Å²) >= 11 is 0. The molecule has 0 saturated carbocycles. The van der Waals surface area contributed by atoms with E-state index in [9.17, 15) is 4.79 Å². The van der Waals surface area contributed by atoms with E-state index in [1.165, 1.54) is 5.57 Å². The molecule has 4 nitrogen and oxygen atoms in total. The van der Waals surface area contributed by atoms with Crippen molar-refractivity contribution in [2.75, 3.05) is 18.5 Å².